The van der Waals surface area contributed by atoms with Gasteiger partial charge in [-0.05, 0) is 12.1 Å². The first kappa shape index (κ1) is 12.8. The lowest BCUT2D eigenvalue weighted by Gasteiger charge is -2.05. The topological polar surface area (TPSA) is 55.4 Å². The average Bonchev–Trinajstić information content (AvgIpc) is 2.59. The van der Waals surface area contributed by atoms with Crippen LogP contribution in [0.1, 0.15) is 12.5 Å². The first-order valence-electron chi connectivity index (χ1n) is 5.08. The maximum absolute atomic E-state index is 11.5. The predicted octanol–water partition coefficient (Wildman–Crippen LogP) is 2.10. The standard InChI is InChI=1S/C12H9NO3S2/c1-7(14)16-9-5-3-2-4-8(9)6-10-11(15)13-12(17)18-10/h2-6H,1H3,(H,13,15,17)/b10-6+. The molecule has 0 aliphatic carbocycles. The molecule has 1 aliphatic heterocycles. The molecule has 6 heteroatoms. The van der Waals surface area contributed by atoms with E-state index in [1.165, 1.54) is 18.7 Å². The third-order valence-electron chi connectivity index (χ3n) is 2.10. The van der Waals surface area contributed by atoms with Crippen molar-refractivity contribution in [3.05, 3.63) is 34.7 Å². The fraction of sp³-hybridized carbons (Fsp3) is 0.0833. The largest absolute Gasteiger partial charge is 0.426 e. The zero-order chi connectivity index (χ0) is 13.1. The summed E-state index contributed by atoms with van der Waals surface area (Å²) in [5.74, 6) is -0.216. The SMILES string of the molecule is CC(=O)Oc1ccccc1/C=C1/SC(=S)NC1=O. The minimum Gasteiger partial charge on any atom is -0.426 e. The number of carbonyl (C=O) groups is 2. The summed E-state index contributed by atoms with van der Waals surface area (Å²) in [6.45, 7) is 1.33. The van der Waals surface area contributed by atoms with E-state index in [9.17, 15) is 9.59 Å². The van der Waals surface area contributed by atoms with Crippen molar-refractivity contribution in [2.24, 2.45) is 0 Å². The van der Waals surface area contributed by atoms with Gasteiger partial charge in [-0.15, -0.1) is 0 Å². The van der Waals surface area contributed by atoms with Crippen molar-refractivity contribution in [2.75, 3.05) is 0 Å². The number of benzene rings is 1. The minimum absolute atomic E-state index is 0.234. The lowest BCUT2D eigenvalue weighted by atomic mass is 10.2. The molecule has 1 aliphatic rings. The van der Waals surface area contributed by atoms with Crippen molar-refractivity contribution < 1.29 is 14.3 Å². The molecule has 4 nitrogen and oxygen atoms in total. The molecule has 1 aromatic rings. The number of hydrogen-bond acceptors (Lipinski definition) is 5. The molecule has 0 radical (unpaired) electrons. The zero-order valence-corrected chi connectivity index (χ0v) is 11.1. The van der Waals surface area contributed by atoms with Gasteiger partial charge in [0.05, 0.1) is 4.91 Å². The van der Waals surface area contributed by atoms with Gasteiger partial charge in [0.2, 0.25) is 0 Å². The van der Waals surface area contributed by atoms with E-state index in [4.69, 9.17) is 17.0 Å². The Balaban J connectivity index is 2.34. The quantitative estimate of drug-likeness (QED) is 0.389. The number of nitrogens with one attached hydrogen (secondary N) is 1. The summed E-state index contributed by atoms with van der Waals surface area (Å²) in [5, 5.41) is 2.53. The van der Waals surface area contributed by atoms with Crippen LogP contribution in [0.25, 0.3) is 6.08 Å². The van der Waals surface area contributed by atoms with Gasteiger partial charge in [-0.2, -0.15) is 0 Å². The van der Waals surface area contributed by atoms with Crippen molar-refractivity contribution in [2.45, 2.75) is 6.92 Å². The van der Waals surface area contributed by atoms with Gasteiger partial charge in [0.15, 0.2) is 0 Å². The number of rotatable bonds is 2. The maximum atomic E-state index is 11.5. The van der Waals surface area contributed by atoms with Crippen LogP contribution in [0.4, 0.5) is 0 Å². The van der Waals surface area contributed by atoms with Gasteiger partial charge in [0, 0.05) is 12.5 Å². The molecule has 0 unspecified atom stereocenters. The first-order chi connectivity index (χ1) is 8.56. The summed E-state index contributed by atoms with van der Waals surface area (Å²) in [6.07, 6.45) is 1.65. The van der Waals surface area contributed by atoms with Crippen LogP contribution in [0.2, 0.25) is 0 Å². The van der Waals surface area contributed by atoms with E-state index in [-0.39, 0.29) is 5.91 Å². The van der Waals surface area contributed by atoms with E-state index in [0.29, 0.717) is 20.5 Å². The molecule has 0 aromatic heterocycles. The molecule has 1 N–H and O–H groups in total. The molecule has 1 heterocycles. The predicted molar refractivity (Wildman–Crippen MR) is 74.1 cm³/mol. The highest BCUT2D eigenvalue weighted by atomic mass is 32.2. The summed E-state index contributed by atoms with van der Waals surface area (Å²) < 4.78 is 5.49. The normalized spacial score (nSPS) is 16.8. The van der Waals surface area contributed by atoms with Crippen molar-refractivity contribution in [1.29, 1.82) is 0 Å². The molecule has 1 aromatic carbocycles. The van der Waals surface area contributed by atoms with Crippen LogP contribution < -0.4 is 10.1 Å². The van der Waals surface area contributed by atoms with E-state index in [1.54, 1.807) is 30.3 Å². The highest BCUT2D eigenvalue weighted by Crippen LogP contribution is 2.29. The van der Waals surface area contributed by atoms with Crippen LogP contribution in [-0.4, -0.2) is 16.2 Å². The second-order valence-electron chi connectivity index (χ2n) is 3.48. The Morgan fingerprint density at radius 3 is 2.78 bits per heavy atom. The van der Waals surface area contributed by atoms with Gasteiger partial charge in [-0.25, -0.2) is 0 Å². The monoisotopic (exact) mass is 279 g/mol. The van der Waals surface area contributed by atoms with Crippen LogP contribution in [0.3, 0.4) is 0 Å². The number of amides is 1. The molecule has 2 rings (SSSR count). The summed E-state index contributed by atoms with van der Waals surface area (Å²) in [7, 11) is 0. The number of para-hydroxylation sites is 1. The fourth-order valence-electron chi connectivity index (χ4n) is 1.41. The molecule has 0 bridgehead atoms. The Labute approximate surface area is 113 Å². The fourth-order valence-corrected chi connectivity index (χ4v) is 2.44. The van der Waals surface area contributed by atoms with E-state index in [2.05, 4.69) is 5.32 Å². The summed E-state index contributed by atoms with van der Waals surface area (Å²) in [6, 6.07) is 6.99. The Morgan fingerprint density at radius 1 is 1.44 bits per heavy atom. The molecule has 0 atom stereocenters. The molecule has 1 fully saturated rings. The number of ether oxygens (including phenoxy) is 1. The second-order valence-corrected chi connectivity index (χ2v) is 5.20. The number of hydrogen-bond donors (Lipinski definition) is 1. The average molecular weight is 279 g/mol. The van der Waals surface area contributed by atoms with Crippen LogP contribution in [0.15, 0.2) is 29.2 Å². The smallest absolute Gasteiger partial charge is 0.308 e. The van der Waals surface area contributed by atoms with Gasteiger partial charge < -0.3 is 10.1 Å². The Morgan fingerprint density at radius 2 is 2.17 bits per heavy atom. The van der Waals surface area contributed by atoms with Crippen molar-refractivity contribution in [1.82, 2.24) is 5.32 Å². The molecule has 92 valence electrons. The number of esters is 1. The third kappa shape index (κ3) is 2.96. The molecule has 18 heavy (non-hydrogen) atoms. The molecular weight excluding hydrogens is 270 g/mol. The van der Waals surface area contributed by atoms with Gasteiger partial charge in [-0.3, -0.25) is 9.59 Å². The van der Waals surface area contributed by atoms with Crippen LogP contribution in [0, 0.1) is 0 Å². The summed E-state index contributed by atoms with van der Waals surface area (Å²) >= 11 is 6.08. The molecule has 0 spiro atoms. The van der Waals surface area contributed by atoms with Crippen LogP contribution in [0.5, 0.6) is 5.75 Å². The van der Waals surface area contributed by atoms with Gasteiger partial charge in [0.25, 0.3) is 5.91 Å². The van der Waals surface area contributed by atoms with Gasteiger partial charge in [-0.1, -0.05) is 42.2 Å². The van der Waals surface area contributed by atoms with Crippen molar-refractivity contribution in [3.8, 4) is 5.75 Å². The Hall–Kier alpha value is -1.66. The van der Waals surface area contributed by atoms with E-state index >= 15 is 0 Å². The highest BCUT2D eigenvalue weighted by molar-refractivity contribution is 8.26. The molecular formula is C12H9NO3S2. The Kier molecular flexibility index (Phi) is 3.78. The minimum atomic E-state index is -0.403. The first-order valence-corrected chi connectivity index (χ1v) is 6.31. The zero-order valence-electron chi connectivity index (χ0n) is 9.43. The number of thioether (sulfide) groups is 1. The number of thiocarbonyl (C=S) groups is 1. The van der Waals surface area contributed by atoms with Crippen molar-refractivity contribution >= 4 is 46.3 Å². The number of carbonyl (C=O) groups excluding carboxylic acids is 2. The highest BCUT2D eigenvalue weighted by Gasteiger charge is 2.22. The molecule has 0 saturated carbocycles. The Bertz CT molecular complexity index is 566. The maximum Gasteiger partial charge on any atom is 0.308 e. The molecule has 1 amide bonds. The van der Waals surface area contributed by atoms with E-state index < -0.39 is 5.97 Å². The summed E-state index contributed by atoms with van der Waals surface area (Å²) in [5.41, 5.74) is 0.662. The van der Waals surface area contributed by atoms with Gasteiger partial charge in [0.1, 0.15) is 10.1 Å². The third-order valence-corrected chi connectivity index (χ3v) is 3.26. The second kappa shape index (κ2) is 5.32. The van der Waals surface area contributed by atoms with Crippen LogP contribution in [-0.2, 0) is 9.59 Å². The molecule has 1 saturated heterocycles. The van der Waals surface area contributed by atoms with Crippen molar-refractivity contribution in [3.63, 3.8) is 0 Å². The van der Waals surface area contributed by atoms with Gasteiger partial charge >= 0.3 is 5.97 Å². The summed E-state index contributed by atoms with van der Waals surface area (Å²) in [4.78, 5) is 23.0. The lowest BCUT2D eigenvalue weighted by molar-refractivity contribution is -0.131. The van der Waals surface area contributed by atoms with Crippen LogP contribution >= 0.6 is 24.0 Å². The lowest BCUT2D eigenvalue weighted by Crippen LogP contribution is -2.17. The van der Waals surface area contributed by atoms with E-state index in [0.717, 1.165) is 0 Å². The van der Waals surface area contributed by atoms with E-state index in [1.807, 2.05) is 0 Å².